The Hall–Kier alpha value is -1.27. The molecule has 2 aromatic rings. The average molecular weight is 401 g/mol. The van der Waals surface area contributed by atoms with Crippen molar-refractivity contribution in [2.75, 3.05) is 21.1 Å². The Labute approximate surface area is 141 Å². The Morgan fingerprint density at radius 2 is 1.33 bits per heavy atom. The fourth-order valence-corrected chi connectivity index (χ4v) is 1.88. The molecule has 0 saturated heterocycles. The second-order valence-electron chi connectivity index (χ2n) is 5.57. The van der Waals surface area contributed by atoms with Crippen LogP contribution in [0.25, 0.3) is 12.2 Å². The lowest BCUT2D eigenvalue weighted by Gasteiger charge is -2.23. The molecule has 21 heavy (non-hydrogen) atoms. The standard InChI is InChI=1S/C17H18F2N.HI/c1-20(2,3)14-10-7-13(8-11-14)9-12-15-16(18)5-4-6-17(15)19;/h4-12H,1-3H3;1H/q+1;/p-1/b12-9+;. The van der Waals surface area contributed by atoms with Crippen LogP contribution in [0, 0.1) is 11.6 Å². The predicted molar refractivity (Wildman–Crippen MR) is 81.3 cm³/mol. The van der Waals surface area contributed by atoms with Gasteiger partial charge in [0.25, 0.3) is 0 Å². The van der Waals surface area contributed by atoms with Crippen molar-refractivity contribution in [1.82, 2.24) is 4.48 Å². The van der Waals surface area contributed by atoms with E-state index >= 15 is 0 Å². The van der Waals surface area contributed by atoms with Crippen LogP contribution in [0.2, 0.25) is 0 Å². The zero-order valence-electron chi connectivity index (χ0n) is 12.3. The summed E-state index contributed by atoms with van der Waals surface area (Å²) < 4.78 is 27.7. The second-order valence-corrected chi connectivity index (χ2v) is 5.57. The third-order valence-electron chi connectivity index (χ3n) is 3.11. The van der Waals surface area contributed by atoms with Gasteiger partial charge in [0.15, 0.2) is 0 Å². The highest BCUT2D eigenvalue weighted by Crippen LogP contribution is 2.19. The molecule has 0 fully saturated rings. The van der Waals surface area contributed by atoms with Crippen LogP contribution in [-0.2, 0) is 0 Å². The Morgan fingerprint density at radius 3 is 1.81 bits per heavy atom. The second kappa shape index (κ2) is 7.13. The van der Waals surface area contributed by atoms with E-state index in [2.05, 4.69) is 21.1 Å². The molecule has 0 amide bonds. The Kier molecular flexibility index (Phi) is 6.04. The van der Waals surface area contributed by atoms with Gasteiger partial charge in [0.1, 0.15) is 17.3 Å². The van der Waals surface area contributed by atoms with E-state index in [1.165, 1.54) is 30.0 Å². The van der Waals surface area contributed by atoms with Gasteiger partial charge >= 0.3 is 0 Å². The summed E-state index contributed by atoms with van der Waals surface area (Å²) in [5.41, 5.74) is 2.06. The lowest BCUT2D eigenvalue weighted by atomic mass is 10.1. The molecule has 112 valence electrons. The van der Waals surface area contributed by atoms with Crippen LogP contribution in [0.3, 0.4) is 0 Å². The molecule has 0 bridgehead atoms. The van der Waals surface area contributed by atoms with E-state index in [9.17, 15) is 8.78 Å². The molecule has 1 nitrogen and oxygen atoms in total. The maximum absolute atomic E-state index is 13.5. The third-order valence-corrected chi connectivity index (χ3v) is 3.11. The van der Waals surface area contributed by atoms with Crippen LogP contribution in [0.5, 0.6) is 0 Å². The van der Waals surface area contributed by atoms with Crippen molar-refractivity contribution in [3.8, 4) is 0 Å². The lowest BCUT2D eigenvalue weighted by Crippen LogP contribution is -3.00. The maximum atomic E-state index is 13.5. The Balaban J connectivity index is 0.00000220. The molecule has 2 rings (SSSR count). The van der Waals surface area contributed by atoms with Crippen LogP contribution in [-0.4, -0.2) is 21.1 Å². The first kappa shape index (κ1) is 17.8. The molecule has 0 heterocycles. The molecule has 0 atom stereocenters. The first-order chi connectivity index (χ1) is 9.38. The van der Waals surface area contributed by atoms with Gasteiger partial charge in [-0.05, 0) is 48.0 Å². The number of hydrogen-bond acceptors (Lipinski definition) is 0. The van der Waals surface area contributed by atoms with Crippen LogP contribution in [0.4, 0.5) is 14.5 Å². The number of halogens is 3. The summed E-state index contributed by atoms with van der Waals surface area (Å²) in [7, 11) is 6.25. The van der Waals surface area contributed by atoms with Crippen molar-refractivity contribution in [1.29, 1.82) is 0 Å². The molecule has 0 aromatic heterocycles. The number of nitrogens with zero attached hydrogens (tertiary/aromatic N) is 1. The molecule has 0 aliphatic heterocycles. The molecule has 0 N–H and O–H groups in total. The number of quaternary nitrogens is 1. The van der Waals surface area contributed by atoms with E-state index in [1.54, 1.807) is 6.08 Å². The van der Waals surface area contributed by atoms with Crippen LogP contribution >= 0.6 is 0 Å². The molecule has 0 aliphatic rings. The van der Waals surface area contributed by atoms with Crippen LogP contribution in [0.1, 0.15) is 11.1 Å². The smallest absolute Gasteiger partial charge is 0.133 e. The summed E-state index contributed by atoms with van der Waals surface area (Å²) in [6.07, 6.45) is 3.17. The van der Waals surface area contributed by atoms with Crippen molar-refractivity contribution in [2.24, 2.45) is 0 Å². The zero-order valence-corrected chi connectivity index (χ0v) is 14.4. The van der Waals surface area contributed by atoms with E-state index in [-0.39, 0.29) is 29.5 Å². The van der Waals surface area contributed by atoms with E-state index < -0.39 is 11.6 Å². The highest BCUT2D eigenvalue weighted by atomic mass is 127. The van der Waals surface area contributed by atoms with Crippen LogP contribution in [0.15, 0.2) is 42.5 Å². The van der Waals surface area contributed by atoms with Crippen molar-refractivity contribution in [2.45, 2.75) is 0 Å². The first-order valence-electron chi connectivity index (χ1n) is 6.42. The summed E-state index contributed by atoms with van der Waals surface area (Å²) >= 11 is 0. The largest absolute Gasteiger partial charge is 1.00 e. The number of benzene rings is 2. The first-order valence-corrected chi connectivity index (χ1v) is 6.42. The monoisotopic (exact) mass is 401 g/mol. The maximum Gasteiger partial charge on any atom is 0.133 e. The van der Waals surface area contributed by atoms with E-state index in [0.717, 1.165) is 10.0 Å². The predicted octanol–water partition coefficient (Wildman–Crippen LogP) is 1.34. The molecular formula is C17H18F2IN. The highest BCUT2D eigenvalue weighted by molar-refractivity contribution is 5.70. The van der Waals surface area contributed by atoms with E-state index in [4.69, 9.17) is 0 Å². The van der Waals surface area contributed by atoms with Gasteiger partial charge in [-0.3, -0.25) is 4.48 Å². The van der Waals surface area contributed by atoms with Crippen molar-refractivity contribution in [3.05, 3.63) is 65.2 Å². The summed E-state index contributed by atoms with van der Waals surface area (Å²) in [5.74, 6) is -1.10. The summed E-state index contributed by atoms with van der Waals surface area (Å²) in [5, 5.41) is 0. The fraction of sp³-hybridized carbons (Fsp3) is 0.176. The molecule has 0 unspecified atom stereocenters. The summed E-state index contributed by atoms with van der Waals surface area (Å²) in [4.78, 5) is 0. The van der Waals surface area contributed by atoms with Gasteiger partial charge in [0.2, 0.25) is 0 Å². The van der Waals surface area contributed by atoms with Gasteiger partial charge in [-0.15, -0.1) is 0 Å². The van der Waals surface area contributed by atoms with Crippen molar-refractivity contribution in [3.63, 3.8) is 0 Å². The van der Waals surface area contributed by atoms with Gasteiger partial charge in [0, 0.05) is 5.56 Å². The van der Waals surface area contributed by atoms with E-state index in [0.29, 0.717) is 0 Å². The number of hydrogen-bond donors (Lipinski definition) is 0. The Morgan fingerprint density at radius 1 is 0.810 bits per heavy atom. The molecule has 0 radical (unpaired) electrons. The minimum Gasteiger partial charge on any atom is -1.00 e. The third kappa shape index (κ3) is 4.61. The quantitative estimate of drug-likeness (QED) is 0.414. The minimum absolute atomic E-state index is 0. The average Bonchev–Trinajstić information content (AvgIpc) is 2.37. The molecule has 0 aliphatic carbocycles. The number of rotatable bonds is 3. The van der Waals surface area contributed by atoms with E-state index in [1.807, 2.05) is 24.3 Å². The highest BCUT2D eigenvalue weighted by Gasteiger charge is 2.10. The van der Waals surface area contributed by atoms with Crippen molar-refractivity contribution >= 4 is 17.8 Å². The summed E-state index contributed by atoms with van der Waals surface area (Å²) in [6, 6.07) is 11.8. The lowest BCUT2D eigenvalue weighted by molar-refractivity contribution is -0.00000546. The fourth-order valence-electron chi connectivity index (χ4n) is 1.88. The topological polar surface area (TPSA) is 0 Å². The van der Waals surface area contributed by atoms with Gasteiger partial charge < -0.3 is 24.0 Å². The molecular weight excluding hydrogens is 383 g/mol. The summed E-state index contributed by atoms with van der Waals surface area (Å²) in [6.45, 7) is 0. The van der Waals surface area contributed by atoms with Crippen LogP contribution < -0.4 is 28.5 Å². The van der Waals surface area contributed by atoms with Gasteiger partial charge in [0.05, 0.1) is 21.1 Å². The Bertz CT molecular complexity index is 608. The normalized spacial score (nSPS) is 11.5. The van der Waals surface area contributed by atoms with Gasteiger partial charge in [-0.25, -0.2) is 8.78 Å². The molecule has 0 spiro atoms. The molecule has 0 saturated carbocycles. The minimum atomic E-state index is -0.552. The SMILES string of the molecule is C[N+](C)(C)c1ccc(/C=C/c2c(F)cccc2F)cc1.[I-]. The molecule has 2 aromatic carbocycles. The van der Waals surface area contributed by atoms with Gasteiger partial charge in [-0.1, -0.05) is 12.1 Å². The van der Waals surface area contributed by atoms with Gasteiger partial charge in [-0.2, -0.15) is 0 Å². The zero-order chi connectivity index (χ0) is 14.8. The van der Waals surface area contributed by atoms with Crippen molar-refractivity contribution < 1.29 is 32.8 Å². The molecule has 4 heteroatoms.